The fraction of sp³-hybridized carbons (Fsp3) is 0.524. The minimum Gasteiger partial charge on any atom is -0.489 e. The van der Waals surface area contributed by atoms with Gasteiger partial charge in [-0.25, -0.2) is 0 Å². The van der Waals surface area contributed by atoms with Crippen LogP contribution >= 0.6 is 12.4 Å². The van der Waals surface area contributed by atoms with Gasteiger partial charge in [0.25, 0.3) is 0 Å². The number of likely N-dealkylation sites (tertiary alicyclic amines) is 1. The maximum atomic E-state index is 12.6. The smallest absolute Gasteiger partial charge is 0.226 e. The third-order valence-electron chi connectivity index (χ3n) is 5.40. The Balaban J connectivity index is 0.00000280. The highest BCUT2D eigenvalue weighted by Crippen LogP contribution is 2.21. The number of piperidine rings is 1. The summed E-state index contributed by atoms with van der Waals surface area (Å²) in [6.07, 6.45) is 2.56. The summed E-state index contributed by atoms with van der Waals surface area (Å²) >= 11 is 0. The van der Waals surface area contributed by atoms with E-state index < -0.39 is 0 Å². The van der Waals surface area contributed by atoms with E-state index in [4.69, 9.17) is 15.0 Å². The molecule has 1 aliphatic rings. The quantitative estimate of drug-likeness (QED) is 0.793. The number of halogens is 1. The topological polar surface area (TPSA) is 81.6 Å². The van der Waals surface area contributed by atoms with Gasteiger partial charge in [-0.15, -0.1) is 12.4 Å². The molecule has 2 unspecified atom stereocenters. The van der Waals surface area contributed by atoms with Crippen LogP contribution in [0.1, 0.15) is 42.3 Å². The van der Waals surface area contributed by atoms with Gasteiger partial charge in [0, 0.05) is 19.1 Å². The highest BCUT2D eigenvalue weighted by molar-refractivity contribution is 5.85. The van der Waals surface area contributed by atoms with Gasteiger partial charge in [-0.3, -0.25) is 4.79 Å². The number of ether oxygens (including phenoxy) is 1. The number of aromatic nitrogens is 1. The van der Waals surface area contributed by atoms with Crippen molar-refractivity contribution in [1.29, 1.82) is 0 Å². The van der Waals surface area contributed by atoms with Gasteiger partial charge >= 0.3 is 0 Å². The summed E-state index contributed by atoms with van der Waals surface area (Å²) in [4.78, 5) is 14.6. The lowest BCUT2D eigenvalue weighted by atomic mass is 9.92. The molecular formula is C21H30ClN3O3. The van der Waals surface area contributed by atoms with E-state index in [9.17, 15) is 4.79 Å². The predicted octanol–water partition coefficient (Wildman–Crippen LogP) is 3.42. The van der Waals surface area contributed by atoms with E-state index in [-0.39, 0.29) is 24.4 Å². The van der Waals surface area contributed by atoms with Gasteiger partial charge < -0.3 is 19.9 Å². The van der Waals surface area contributed by atoms with Crippen LogP contribution in [0.15, 0.2) is 28.8 Å². The Kier molecular flexibility index (Phi) is 7.89. The number of amides is 1. The molecule has 28 heavy (non-hydrogen) atoms. The third kappa shape index (κ3) is 5.49. The number of carbonyl (C=O) groups is 1. The molecule has 3 rings (SSSR count). The Labute approximate surface area is 172 Å². The van der Waals surface area contributed by atoms with Crippen molar-refractivity contribution < 1.29 is 14.1 Å². The number of hydrogen-bond acceptors (Lipinski definition) is 5. The van der Waals surface area contributed by atoms with Crippen LogP contribution in [0.4, 0.5) is 0 Å². The van der Waals surface area contributed by atoms with E-state index in [1.54, 1.807) is 0 Å². The number of benzene rings is 1. The summed E-state index contributed by atoms with van der Waals surface area (Å²) in [5, 5.41) is 3.93. The molecule has 154 valence electrons. The molecule has 2 aromatic rings. The van der Waals surface area contributed by atoms with Crippen molar-refractivity contribution in [1.82, 2.24) is 10.1 Å². The van der Waals surface area contributed by atoms with E-state index in [1.165, 1.54) is 0 Å². The Morgan fingerprint density at radius 2 is 2.07 bits per heavy atom. The third-order valence-corrected chi connectivity index (χ3v) is 5.40. The molecule has 1 fully saturated rings. The Morgan fingerprint density at radius 1 is 1.36 bits per heavy atom. The van der Waals surface area contributed by atoms with Gasteiger partial charge in [0.05, 0.1) is 17.7 Å². The first-order chi connectivity index (χ1) is 12.9. The van der Waals surface area contributed by atoms with Gasteiger partial charge in [-0.2, -0.15) is 0 Å². The Hall–Kier alpha value is -2.05. The summed E-state index contributed by atoms with van der Waals surface area (Å²) < 4.78 is 11.0. The van der Waals surface area contributed by atoms with E-state index in [0.29, 0.717) is 18.9 Å². The van der Waals surface area contributed by atoms with Crippen LogP contribution in [0.2, 0.25) is 0 Å². The Morgan fingerprint density at radius 3 is 2.68 bits per heavy atom. The second-order valence-corrected chi connectivity index (χ2v) is 7.51. The van der Waals surface area contributed by atoms with E-state index in [2.05, 4.69) is 5.16 Å². The van der Waals surface area contributed by atoms with Crippen molar-refractivity contribution in [3.63, 3.8) is 0 Å². The first-order valence-electron chi connectivity index (χ1n) is 9.61. The number of carbonyl (C=O) groups excluding carboxylic acids is 1. The number of hydrogen-bond donors (Lipinski definition) is 1. The lowest BCUT2D eigenvalue weighted by Gasteiger charge is -2.34. The molecule has 1 aromatic heterocycles. The van der Waals surface area contributed by atoms with Gasteiger partial charge in [-0.05, 0) is 57.2 Å². The summed E-state index contributed by atoms with van der Waals surface area (Å²) in [6.45, 7) is 7.84. The van der Waals surface area contributed by atoms with Crippen LogP contribution in [0.3, 0.4) is 0 Å². The first-order valence-corrected chi connectivity index (χ1v) is 9.61. The van der Waals surface area contributed by atoms with E-state index in [0.717, 1.165) is 54.3 Å². The summed E-state index contributed by atoms with van der Waals surface area (Å²) in [6, 6.07) is 7.85. The van der Waals surface area contributed by atoms with Gasteiger partial charge in [0.15, 0.2) is 0 Å². The zero-order valence-electron chi connectivity index (χ0n) is 16.8. The molecule has 0 saturated carbocycles. The first kappa shape index (κ1) is 22.2. The van der Waals surface area contributed by atoms with Crippen LogP contribution in [-0.4, -0.2) is 35.1 Å². The number of nitrogens with two attached hydrogens (primary N) is 1. The van der Waals surface area contributed by atoms with Crippen molar-refractivity contribution in [3.8, 4) is 5.75 Å². The highest BCUT2D eigenvalue weighted by Gasteiger charge is 2.25. The minimum absolute atomic E-state index is 0. The van der Waals surface area contributed by atoms with Crippen molar-refractivity contribution in [2.45, 2.75) is 52.7 Å². The molecule has 1 aliphatic heterocycles. The second-order valence-electron chi connectivity index (χ2n) is 7.51. The van der Waals surface area contributed by atoms with Crippen molar-refractivity contribution in [2.75, 3.05) is 13.1 Å². The maximum absolute atomic E-state index is 12.6. The molecule has 2 N–H and O–H groups in total. The summed E-state index contributed by atoms with van der Waals surface area (Å²) in [7, 11) is 0. The zero-order chi connectivity index (χ0) is 19.4. The molecule has 0 spiro atoms. The fourth-order valence-electron chi connectivity index (χ4n) is 3.52. The second kappa shape index (κ2) is 9.94. The molecule has 1 aromatic carbocycles. The minimum atomic E-state index is 0. The number of rotatable bonds is 6. The molecule has 0 radical (unpaired) electrons. The predicted molar refractivity (Wildman–Crippen MR) is 111 cm³/mol. The van der Waals surface area contributed by atoms with Crippen LogP contribution in [0.5, 0.6) is 5.75 Å². The molecular weight excluding hydrogens is 378 g/mol. The SMILES string of the molecule is Cc1noc(C)c1COc1ccc(CC(=O)N2CCCC(C(C)N)C2)cc1.Cl. The van der Waals surface area contributed by atoms with Crippen molar-refractivity contribution in [3.05, 3.63) is 46.8 Å². The zero-order valence-corrected chi connectivity index (χ0v) is 17.6. The largest absolute Gasteiger partial charge is 0.489 e. The molecule has 7 heteroatoms. The average Bonchev–Trinajstić information content (AvgIpc) is 2.99. The highest BCUT2D eigenvalue weighted by atomic mass is 35.5. The van der Waals surface area contributed by atoms with E-state index >= 15 is 0 Å². The normalized spacial score (nSPS) is 17.7. The van der Waals surface area contributed by atoms with Crippen molar-refractivity contribution in [2.24, 2.45) is 11.7 Å². The van der Waals surface area contributed by atoms with Gasteiger partial charge in [0.2, 0.25) is 5.91 Å². The van der Waals surface area contributed by atoms with E-state index in [1.807, 2.05) is 49.9 Å². The van der Waals surface area contributed by atoms with Gasteiger partial charge in [-0.1, -0.05) is 17.3 Å². The molecule has 2 heterocycles. The molecule has 2 atom stereocenters. The van der Waals surface area contributed by atoms with Gasteiger partial charge in [0.1, 0.15) is 18.1 Å². The number of nitrogens with zero attached hydrogens (tertiary/aromatic N) is 2. The molecule has 6 nitrogen and oxygen atoms in total. The molecule has 0 aliphatic carbocycles. The summed E-state index contributed by atoms with van der Waals surface area (Å²) in [5.74, 6) is 2.12. The lowest BCUT2D eigenvalue weighted by molar-refractivity contribution is -0.132. The fourth-order valence-corrected chi connectivity index (χ4v) is 3.52. The average molecular weight is 408 g/mol. The molecule has 1 amide bonds. The summed E-state index contributed by atoms with van der Waals surface area (Å²) in [5.41, 5.74) is 8.84. The molecule has 0 bridgehead atoms. The van der Waals surface area contributed by atoms with Crippen molar-refractivity contribution >= 4 is 18.3 Å². The Bertz CT molecular complexity index is 754. The molecule has 1 saturated heterocycles. The monoisotopic (exact) mass is 407 g/mol. The van der Waals surface area contributed by atoms with Crippen LogP contribution < -0.4 is 10.5 Å². The lowest BCUT2D eigenvalue weighted by Crippen LogP contribution is -2.45. The van der Waals surface area contributed by atoms with Crippen LogP contribution in [-0.2, 0) is 17.8 Å². The van der Waals surface area contributed by atoms with Crippen LogP contribution in [0.25, 0.3) is 0 Å². The maximum Gasteiger partial charge on any atom is 0.226 e. The van der Waals surface area contributed by atoms with Crippen LogP contribution in [0, 0.1) is 19.8 Å². The standard InChI is InChI=1S/C21H29N3O3.ClH/c1-14(22)18-5-4-10-24(12-18)21(25)11-17-6-8-19(9-7-17)26-13-20-15(2)23-27-16(20)3;/h6-9,14,18H,4-5,10-13,22H2,1-3H3;1H. The number of aryl methyl sites for hydroxylation is 2.